The van der Waals surface area contributed by atoms with Crippen LogP contribution in [0.2, 0.25) is 0 Å². The van der Waals surface area contributed by atoms with Crippen LogP contribution in [-0.2, 0) is 13.6 Å². The van der Waals surface area contributed by atoms with Gasteiger partial charge < -0.3 is 5.32 Å². The Morgan fingerprint density at radius 1 is 1.41 bits per heavy atom. The van der Waals surface area contributed by atoms with E-state index < -0.39 is 0 Å². The number of anilines is 1. The number of nitriles is 1. The lowest BCUT2D eigenvalue weighted by molar-refractivity contribution is 0.720. The van der Waals surface area contributed by atoms with Gasteiger partial charge in [-0.2, -0.15) is 10.4 Å². The highest BCUT2D eigenvalue weighted by atomic mass is 15.3. The van der Waals surface area contributed by atoms with Gasteiger partial charge in [-0.15, -0.1) is 0 Å². The molecule has 1 aromatic carbocycles. The van der Waals surface area contributed by atoms with E-state index in [0.717, 1.165) is 16.9 Å². The average Bonchev–Trinajstić information content (AvgIpc) is 2.73. The quantitative estimate of drug-likeness (QED) is 0.873. The van der Waals surface area contributed by atoms with Crippen molar-refractivity contribution >= 4 is 5.69 Å². The molecule has 2 aromatic rings. The standard InChI is InChI=1S/C13H14N4/c1-10-3-4-13(11(7-10)8-14)15-9-12-5-6-16-17(12)2/h3-7,15H,9H2,1-2H3. The normalized spacial score (nSPS) is 9.94. The lowest BCUT2D eigenvalue weighted by atomic mass is 10.1. The molecule has 0 aliphatic rings. The lowest BCUT2D eigenvalue weighted by Crippen LogP contribution is -2.06. The van der Waals surface area contributed by atoms with Gasteiger partial charge in [-0.05, 0) is 30.7 Å². The van der Waals surface area contributed by atoms with E-state index in [-0.39, 0.29) is 0 Å². The minimum Gasteiger partial charge on any atom is -0.378 e. The van der Waals surface area contributed by atoms with E-state index in [1.54, 1.807) is 6.20 Å². The zero-order chi connectivity index (χ0) is 12.3. The molecule has 0 radical (unpaired) electrons. The van der Waals surface area contributed by atoms with Crippen molar-refractivity contribution in [2.24, 2.45) is 7.05 Å². The maximum atomic E-state index is 9.05. The van der Waals surface area contributed by atoms with E-state index >= 15 is 0 Å². The molecule has 0 fully saturated rings. The molecule has 0 aliphatic heterocycles. The van der Waals surface area contributed by atoms with Gasteiger partial charge in [0.25, 0.3) is 0 Å². The Labute approximate surface area is 100 Å². The summed E-state index contributed by atoms with van der Waals surface area (Å²) in [6.07, 6.45) is 1.76. The summed E-state index contributed by atoms with van der Waals surface area (Å²) in [6.45, 7) is 2.64. The molecule has 1 aromatic heterocycles. The minimum absolute atomic E-state index is 0.661. The second-order valence-corrected chi connectivity index (χ2v) is 3.96. The summed E-state index contributed by atoms with van der Waals surface area (Å²) in [5, 5.41) is 16.4. The topological polar surface area (TPSA) is 53.6 Å². The molecular formula is C13H14N4. The summed E-state index contributed by atoms with van der Waals surface area (Å²) in [7, 11) is 1.90. The summed E-state index contributed by atoms with van der Waals surface area (Å²) < 4.78 is 1.81. The van der Waals surface area contributed by atoms with Crippen LogP contribution >= 0.6 is 0 Å². The third kappa shape index (κ3) is 2.45. The van der Waals surface area contributed by atoms with Crippen LogP contribution in [0.4, 0.5) is 5.69 Å². The second-order valence-electron chi connectivity index (χ2n) is 3.96. The lowest BCUT2D eigenvalue weighted by Gasteiger charge is -2.08. The fourth-order valence-corrected chi connectivity index (χ4v) is 1.67. The summed E-state index contributed by atoms with van der Waals surface area (Å²) in [5.41, 5.74) is 3.70. The van der Waals surface area contributed by atoms with Gasteiger partial charge in [0.2, 0.25) is 0 Å². The molecule has 0 saturated carbocycles. The number of rotatable bonds is 3. The maximum absolute atomic E-state index is 9.05. The van der Waals surface area contributed by atoms with Gasteiger partial charge in [-0.3, -0.25) is 4.68 Å². The Balaban J connectivity index is 2.15. The maximum Gasteiger partial charge on any atom is 0.101 e. The van der Waals surface area contributed by atoms with Gasteiger partial charge in [0.1, 0.15) is 6.07 Å². The molecule has 0 bridgehead atoms. The van der Waals surface area contributed by atoms with Crippen molar-refractivity contribution in [1.29, 1.82) is 5.26 Å². The first-order valence-corrected chi connectivity index (χ1v) is 5.42. The van der Waals surface area contributed by atoms with Crippen LogP contribution in [0.3, 0.4) is 0 Å². The molecular weight excluding hydrogens is 212 g/mol. The van der Waals surface area contributed by atoms with E-state index in [4.69, 9.17) is 5.26 Å². The zero-order valence-electron chi connectivity index (χ0n) is 9.94. The Morgan fingerprint density at radius 3 is 2.88 bits per heavy atom. The monoisotopic (exact) mass is 226 g/mol. The third-order valence-electron chi connectivity index (χ3n) is 2.68. The van der Waals surface area contributed by atoms with Gasteiger partial charge in [-0.1, -0.05) is 6.07 Å². The van der Waals surface area contributed by atoms with Gasteiger partial charge in [0, 0.05) is 13.2 Å². The highest BCUT2D eigenvalue weighted by Crippen LogP contribution is 2.17. The van der Waals surface area contributed by atoms with Crippen LogP contribution < -0.4 is 5.32 Å². The van der Waals surface area contributed by atoms with E-state index in [9.17, 15) is 0 Å². The minimum atomic E-state index is 0.661. The molecule has 0 amide bonds. The molecule has 86 valence electrons. The second kappa shape index (κ2) is 4.71. The predicted molar refractivity (Wildman–Crippen MR) is 66.4 cm³/mol. The number of nitrogens with one attached hydrogen (secondary N) is 1. The highest BCUT2D eigenvalue weighted by molar-refractivity contribution is 5.58. The van der Waals surface area contributed by atoms with Crippen LogP contribution in [0.1, 0.15) is 16.8 Å². The van der Waals surface area contributed by atoms with Gasteiger partial charge in [0.15, 0.2) is 0 Å². The number of aryl methyl sites for hydroxylation is 2. The average molecular weight is 226 g/mol. The Bertz CT molecular complexity index is 563. The Kier molecular flexibility index (Phi) is 3.10. The van der Waals surface area contributed by atoms with Gasteiger partial charge >= 0.3 is 0 Å². The van der Waals surface area contributed by atoms with Gasteiger partial charge in [-0.25, -0.2) is 0 Å². The summed E-state index contributed by atoms with van der Waals surface area (Å²) in [5.74, 6) is 0. The van der Waals surface area contributed by atoms with Crippen molar-refractivity contribution in [1.82, 2.24) is 9.78 Å². The number of hydrogen-bond donors (Lipinski definition) is 1. The van der Waals surface area contributed by atoms with Crippen molar-refractivity contribution in [2.75, 3.05) is 5.32 Å². The van der Waals surface area contributed by atoms with Gasteiger partial charge in [0.05, 0.1) is 23.5 Å². The SMILES string of the molecule is Cc1ccc(NCc2ccnn2C)c(C#N)c1. The van der Waals surface area contributed by atoms with E-state index in [0.29, 0.717) is 12.1 Å². The molecule has 2 rings (SSSR count). The van der Waals surface area contributed by atoms with Crippen LogP contribution in [-0.4, -0.2) is 9.78 Å². The van der Waals surface area contributed by atoms with Crippen LogP contribution in [0, 0.1) is 18.3 Å². The molecule has 4 heteroatoms. The molecule has 4 nitrogen and oxygen atoms in total. The zero-order valence-corrected chi connectivity index (χ0v) is 9.94. The number of benzene rings is 1. The van der Waals surface area contributed by atoms with Crippen molar-refractivity contribution in [3.8, 4) is 6.07 Å². The van der Waals surface area contributed by atoms with Crippen molar-refractivity contribution < 1.29 is 0 Å². The highest BCUT2D eigenvalue weighted by Gasteiger charge is 2.03. The molecule has 1 N–H and O–H groups in total. The number of aromatic nitrogens is 2. The van der Waals surface area contributed by atoms with E-state index in [2.05, 4.69) is 16.5 Å². The largest absolute Gasteiger partial charge is 0.378 e. The molecule has 0 aliphatic carbocycles. The van der Waals surface area contributed by atoms with Crippen molar-refractivity contribution in [2.45, 2.75) is 13.5 Å². The summed E-state index contributed by atoms with van der Waals surface area (Å²) in [4.78, 5) is 0. The van der Waals surface area contributed by atoms with Crippen LogP contribution in [0.5, 0.6) is 0 Å². The molecule has 1 heterocycles. The summed E-state index contributed by atoms with van der Waals surface area (Å²) >= 11 is 0. The molecule has 0 spiro atoms. The van der Waals surface area contributed by atoms with Crippen LogP contribution in [0.15, 0.2) is 30.5 Å². The smallest absolute Gasteiger partial charge is 0.101 e. The molecule has 17 heavy (non-hydrogen) atoms. The van der Waals surface area contributed by atoms with Crippen molar-refractivity contribution in [3.05, 3.63) is 47.3 Å². The molecule has 0 saturated heterocycles. The molecule has 0 atom stereocenters. The van der Waals surface area contributed by atoms with Crippen molar-refractivity contribution in [3.63, 3.8) is 0 Å². The van der Waals surface area contributed by atoms with E-state index in [1.807, 2.05) is 42.9 Å². The Hall–Kier alpha value is -2.28. The fraction of sp³-hybridized carbons (Fsp3) is 0.231. The Morgan fingerprint density at radius 2 is 2.24 bits per heavy atom. The van der Waals surface area contributed by atoms with Crippen LogP contribution in [0.25, 0.3) is 0 Å². The fourth-order valence-electron chi connectivity index (χ4n) is 1.67. The first-order chi connectivity index (χ1) is 8.20. The van der Waals surface area contributed by atoms with E-state index in [1.165, 1.54) is 0 Å². The third-order valence-corrected chi connectivity index (χ3v) is 2.68. The predicted octanol–water partition coefficient (Wildman–Crippen LogP) is 2.21. The summed E-state index contributed by atoms with van der Waals surface area (Å²) in [6, 6.07) is 9.96. The number of hydrogen-bond acceptors (Lipinski definition) is 3. The first kappa shape index (κ1) is 11.2. The molecule has 0 unspecified atom stereocenters. The number of nitrogens with zero attached hydrogens (tertiary/aromatic N) is 3. The first-order valence-electron chi connectivity index (χ1n) is 5.42.